The van der Waals surface area contributed by atoms with E-state index in [4.69, 9.17) is 10.5 Å². The van der Waals surface area contributed by atoms with Crippen molar-refractivity contribution < 1.29 is 23.1 Å². The van der Waals surface area contributed by atoms with Gasteiger partial charge in [0.25, 0.3) is 5.92 Å². The maximum absolute atomic E-state index is 13.1. The summed E-state index contributed by atoms with van der Waals surface area (Å²) < 4.78 is 31.3. The number of carbonyl (C=O) groups is 2. The van der Waals surface area contributed by atoms with Crippen LogP contribution < -0.4 is 11.1 Å². The van der Waals surface area contributed by atoms with E-state index < -0.39 is 35.0 Å². The number of ether oxygens (including phenoxy) is 1. The Morgan fingerprint density at radius 1 is 1.37 bits per heavy atom. The molecule has 0 spiro atoms. The molecule has 1 heterocycles. The molecule has 2 amide bonds. The lowest BCUT2D eigenvalue weighted by Gasteiger charge is -2.34. The van der Waals surface area contributed by atoms with Crippen LogP contribution in [0.2, 0.25) is 0 Å². The third-order valence-corrected chi connectivity index (χ3v) is 4.27. The number of hydrogen-bond donors (Lipinski definition) is 2. The van der Waals surface area contributed by atoms with E-state index in [1.165, 1.54) is 6.92 Å². The minimum Gasteiger partial charge on any atom is -0.381 e. The molecule has 2 rings (SSSR count). The monoisotopic (exact) mass is 276 g/mol. The average molecular weight is 276 g/mol. The molecule has 0 aromatic heterocycles. The van der Waals surface area contributed by atoms with Gasteiger partial charge in [-0.25, -0.2) is 8.78 Å². The van der Waals surface area contributed by atoms with Crippen LogP contribution >= 0.6 is 0 Å². The van der Waals surface area contributed by atoms with Crippen LogP contribution in [0.5, 0.6) is 0 Å². The first-order valence-electron chi connectivity index (χ1n) is 6.34. The molecular formula is C12H18F2N2O3. The van der Waals surface area contributed by atoms with E-state index in [0.29, 0.717) is 26.1 Å². The summed E-state index contributed by atoms with van der Waals surface area (Å²) in [7, 11) is 0. The molecule has 2 aliphatic rings. The predicted octanol–water partition coefficient (Wildman–Crippen LogP) is 0.286. The topological polar surface area (TPSA) is 81.4 Å². The number of amides is 2. The summed E-state index contributed by atoms with van der Waals surface area (Å²) in [5, 5.41) is 2.45. The largest absolute Gasteiger partial charge is 0.381 e. The van der Waals surface area contributed by atoms with Gasteiger partial charge in [0.05, 0.1) is 5.41 Å². The molecule has 1 aliphatic heterocycles. The molecule has 0 aromatic carbocycles. The van der Waals surface area contributed by atoms with Crippen molar-refractivity contribution in [2.75, 3.05) is 19.8 Å². The molecule has 2 atom stereocenters. The summed E-state index contributed by atoms with van der Waals surface area (Å²) in [5.41, 5.74) is 4.49. The number of hydrogen-bond acceptors (Lipinski definition) is 3. The molecule has 0 radical (unpaired) electrons. The second-order valence-corrected chi connectivity index (χ2v) is 5.42. The third kappa shape index (κ3) is 2.43. The Bertz CT molecular complexity index is 394. The van der Waals surface area contributed by atoms with Crippen molar-refractivity contribution in [3.63, 3.8) is 0 Å². The first-order valence-corrected chi connectivity index (χ1v) is 6.34. The van der Waals surface area contributed by atoms with E-state index in [9.17, 15) is 18.4 Å². The van der Waals surface area contributed by atoms with Crippen molar-refractivity contribution in [2.45, 2.75) is 25.7 Å². The van der Waals surface area contributed by atoms with Crippen LogP contribution in [0, 0.1) is 17.3 Å². The van der Waals surface area contributed by atoms with E-state index in [1.807, 2.05) is 0 Å². The molecule has 2 unspecified atom stereocenters. The van der Waals surface area contributed by atoms with Crippen LogP contribution in [0.25, 0.3) is 0 Å². The maximum atomic E-state index is 13.1. The van der Waals surface area contributed by atoms with E-state index in [0.717, 1.165) is 0 Å². The van der Waals surface area contributed by atoms with Crippen LogP contribution in [0.1, 0.15) is 19.8 Å². The number of nitrogens with one attached hydrogen (secondary N) is 1. The average Bonchev–Trinajstić information content (AvgIpc) is 2.86. The van der Waals surface area contributed by atoms with Gasteiger partial charge in [-0.3, -0.25) is 9.59 Å². The second kappa shape index (κ2) is 4.70. The molecule has 2 fully saturated rings. The van der Waals surface area contributed by atoms with Crippen LogP contribution in [0.3, 0.4) is 0 Å². The number of nitrogens with two attached hydrogens (primary N) is 1. The minimum atomic E-state index is -2.93. The fraction of sp³-hybridized carbons (Fsp3) is 0.833. The van der Waals surface area contributed by atoms with Gasteiger partial charge in [-0.05, 0) is 12.8 Å². The summed E-state index contributed by atoms with van der Waals surface area (Å²) in [5.74, 6) is -6.38. The van der Waals surface area contributed by atoms with Crippen molar-refractivity contribution in [1.82, 2.24) is 5.32 Å². The Morgan fingerprint density at radius 3 is 2.32 bits per heavy atom. The highest BCUT2D eigenvalue weighted by Gasteiger charge is 2.69. The van der Waals surface area contributed by atoms with Gasteiger partial charge in [-0.15, -0.1) is 0 Å². The quantitative estimate of drug-likeness (QED) is 0.774. The van der Waals surface area contributed by atoms with E-state index >= 15 is 0 Å². The van der Waals surface area contributed by atoms with Crippen molar-refractivity contribution in [3.05, 3.63) is 0 Å². The zero-order valence-corrected chi connectivity index (χ0v) is 10.7. The maximum Gasteiger partial charge on any atom is 0.263 e. The molecule has 3 N–H and O–H groups in total. The zero-order valence-electron chi connectivity index (χ0n) is 10.7. The minimum absolute atomic E-state index is 0.00380. The fourth-order valence-corrected chi connectivity index (χ4v) is 2.52. The first kappa shape index (κ1) is 14.2. The molecule has 1 aliphatic carbocycles. The SMILES string of the molecule is CC1C(C(=O)NCC2(C(N)=O)CCOCC2)C1(F)F. The van der Waals surface area contributed by atoms with Gasteiger partial charge >= 0.3 is 0 Å². The summed E-state index contributed by atoms with van der Waals surface area (Å²) >= 11 is 0. The Hall–Kier alpha value is -1.24. The van der Waals surface area contributed by atoms with E-state index in [-0.39, 0.29) is 6.54 Å². The van der Waals surface area contributed by atoms with Crippen LogP contribution in [0.15, 0.2) is 0 Å². The summed E-state index contributed by atoms with van der Waals surface area (Å²) in [4.78, 5) is 23.2. The standard InChI is InChI=1S/C12H18F2N2O3/c1-7-8(12(7,13)14)9(17)16-6-11(10(15)18)2-4-19-5-3-11/h7-8H,2-6H2,1H3,(H2,15,18)(H,16,17). The van der Waals surface area contributed by atoms with Gasteiger partial charge in [0.1, 0.15) is 5.92 Å². The number of alkyl halides is 2. The molecule has 19 heavy (non-hydrogen) atoms. The van der Waals surface area contributed by atoms with Gasteiger partial charge in [0, 0.05) is 25.7 Å². The smallest absolute Gasteiger partial charge is 0.263 e. The highest BCUT2D eigenvalue weighted by Crippen LogP contribution is 2.54. The van der Waals surface area contributed by atoms with Crippen LogP contribution in [0.4, 0.5) is 8.78 Å². The van der Waals surface area contributed by atoms with Crippen LogP contribution in [-0.4, -0.2) is 37.5 Å². The van der Waals surface area contributed by atoms with E-state index in [1.54, 1.807) is 0 Å². The zero-order chi connectivity index (χ0) is 14.3. The van der Waals surface area contributed by atoms with Crippen molar-refractivity contribution in [2.24, 2.45) is 23.0 Å². The number of primary amides is 1. The second-order valence-electron chi connectivity index (χ2n) is 5.42. The lowest BCUT2D eigenvalue weighted by molar-refractivity contribution is -0.134. The summed E-state index contributed by atoms with van der Waals surface area (Å²) in [6.45, 7) is 2.11. The highest BCUT2D eigenvalue weighted by atomic mass is 19.3. The van der Waals surface area contributed by atoms with Gasteiger partial charge in [0.2, 0.25) is 11.8 Å². The molecule has 1 saturated heterocycles. The number of rotatable bonds is 4. The van der Waals surface area contributed by atoms with Gasteiger partial charge < -0.3 is 15.8 Å². The molecule has 1 saturated carbocycles. The van der Waals surface area contributed by atoms with Gasteiger partial charge in [-0.1, -0.05) is 6.92 Å². The normalized spacial score (nSPS) is 31.5. The first-order chi connectivity index (χ1) is 8.81. The molecule has 0 aromatic rings. The Morgan fingerprint density at radius 2 is 1.89 bits per heavy atom. The van der Waals surface area contributed by atoms with E-state index in [2.05, 4.69) is 5.32 Å². The highest BCUT2D eigenvalue weighted by molar-refractivity contribution is 5.85. The lowest BCUT2D eigenvalue weighted by atomic mass is 9.79. The molecule has 108 valence electrons. The van der Waals surface area contributed by atoms with Crippen LogP contribution in [-0.2, 0) is 14.3 Å². The Balaban J connectivity index is 1.93. The number of halogens is 2. The lowest BCUT2D eigenvalue weighted by Crippen LogP contribution is -2.50. The number of carbonyl (C=O) groups excluding carboxylic acids is 2. The Kier molecular flexibility index (Phi) is 3.51. The van der Waals surface area contributed by atoms with Crippen molar-refractivity contribution in [3.8, 4) is 0 Å². The Labute approximate surface area is 109 Å². The van der Waals surface area contributed by atoms with Crippen molar-refractivity contribution >= 4 is 11.8 Å². The van der Waals surface area contributed by atoms with Crippen molar-refractivity contribution in [1.29, 1.82) is 0 Å². The molecule has 7 heteroatoms. The summed E-state index contributed by atoms with van der Waals surface area (Å²) in [6.07, 6.45) is 0.804. The fourth-order valence-electron chi connectivity index (χ4n) is 2.52. The predicted molar refractivity (Wildman–Crippen MR) is 62.3 cm³/mol. The molecular weight excluding hydrogens is 258 g/mol. The molecule has 5 nitrogen and oxygen atoms in total. The van der Waals surface area contributed by atoms with Gasteiger partial charge in [-0.2, -0.15) is 0 Å². The third-order valence-electron chi connectivity index (χ3n) is 4.27. The summed E-state index contributed by atoms with van der Waals surface area (Å²) in [6, 6.07) is 0. The molecule has 0 bridgehead atoms. The van der Waals surface area contributed by atoms with Gasteiger partial charge in [0.15, 0.2) is 0 Å².